The van der Waals surface area contributed by atoms with Crippen LogP contribution in [-0.2, 0) is 4.79 Å². The maximum Gasteiger partial charge on any atom is 0.133 e. The second kappa shape index (κ2) is 5.11. The van der Waals surface area contributed by atoms with Gasteiger partial charge in [-0.25, -0.2) is 0 Å². The first-order valence-electron chi connectivity index (χ1n) is 5.93. The molecule has 1 aromatic rings. The SMILES string of the molecule is O=C1CCCCCC(c2ccccc2)C1. The van der Waals surface area contributed by atoms with E-state index in [1.54, 1.807) is 0 Å². The molecule has 0 aromatic heterocycles. The zero-order chi connectivity index (χ0) is 10.5. The second-order valence-electron chi connectivity index (χ2n) is 4.45. The van der Waals surface area contributed by atoms with E-state index in [0.29, 0.717) is 11.7 Å². The zero-order valence-corrected chi connectivity index (χ0v) is 9.11. The fraction of sp³-hybridized carbons (Fsp3) is 0.500. The fourth-order valence-electron chi connectivity index (χ4n) is 2.38. The van der Waals surface area contributed by atoms with E-state index in [-0.39, 0.29) is 0 Å². The summed E-state index contributed by atoms with van der Waals surface area (Å²) in [5.41, 5.74) is 1.34. The van der Waals surface area contributed by atoms with Gasteiger partial charge in [0.05, 0.1) is 0 Å². The molecule has 0 saturated heterocycles. The van der Waals surface area contributed by atoms with E-state index < -0.39 is 0 Å². The zero-order valence-electron chi connectivity index (χ0n) is 9.11. The van der Waals surface area contributed by atoms with Gasteiger partial charge >= 0.3 is 0 Å². The molecule has 1 nitrogen and oxygen atoms in total. The van der Waals surface area contributed by atoms with Crippen molar-refractivity contribution in [2.45, 2.75) is 44.4 Å². The van der Waals surface area contributed by atoms with Crippen LogP contribution in [0.1, 0.15) is 50.0 Å². The molecule has 0 amide bonds. The fourth-order valence-corrected chi connectivity index (χ4v) is 2.38. The van der Waals surface area contributed by atoms with Crippen LogP contribution in [0.5, 0.6) is 0 Å². The van der Waals surface area contributed by atoms with Crippen molar-refractivity contribution in [2.75, 3.05) is 0 Å². The summed E-state index contributed by atoms with van der Waals surface area (Å²) in [6, 6.07) is 10.5. The summed E-state index contributed by atoms with van der Waals surface area (Å²) in [5, 5.41) is 0. The molecule has 0 radical (unpaired) electrons. The van der Waals surface area contributed by atoms with Crippen LogP contribution in [0, 0.1) is 0 Å². The summed E-state index contributed by atoms with van der Waals surface area (Å²) < 4.78 is 0. The maximum absolute atomic E-state index is 11.6. The van der Waals surface area contributed by atoms with Gasteiger partial charge in [-0.15, -0.1) is 0 Å². The number of Topliss-reactive ketones (excluding diaryl/α,β-unsaturated/α-hetero) is 1. The van der Waals surface area contributed by atoms with Gasteiger partial charge in [-0.3, -0.25) is 4.79 Å². The monoisotopic (exact) mass is 202 g/mol. The van der Waals surface area contributed by atoms with Crippen LogP contribution in [0.2, 0.25) is 0 Å². The number of carbonyl (C=O) groups excluding carboxylic acids is 1. The lowest BCUT2D eigenvalue weighted by atomic mass is 9.85. The van der Waals surface area contributed by atoms with Gasteiger partial charge in [-0.2, -0.15) is 0 Å². The van der Waals surface area contributed by atoms with E-state index in [0.717, 1.165) is 19.3 Å². The van der Waals surface area contributed by atoms with Gasteiger partial charge < -0.3 is 0 Å². The highest BCUT2D eigenvalue weighted by Crippen LogP contribution is 2.29. The van der Waals surface area contributed by atoms with E-state index in [4.69, 9.17) is 0 Å². The lowest BCUT2D eigenvalue weighted by Gasteiger charge is -2.19. The number of hydrogen-bond acceptors (Lipinski definition) is 1. The van der Waals surface area contributed by atoms with Crippen LogP contribution < -0.4 is 0 Å². The van der Waals surface area contributed by atoms with Crippen molar-refractivity contribution < 1.29 is 4.79 Å². The molecule has 1 aromatic carbocycles. The van der Waals surface area contributed by atoms with Gasteiger partial charge in [-0.05, 0) is 24.3 Å². The Morgan fingerprint density at radius 3 is 2.60 bits per heavy atom. The van der Waals surface area contributed by atoms with Gasteiger partial charge in [0.25, 0.3) is 0 Å². The third-order valence-electron chi connectivity index (χ3n) is 3.25. The molecule has 1 atom stereocenters. The summed E-state index contributed by atoms with van der Waals surface area (Å²) in [6.07, 6.45) is 6.31. The van der Waals surface area contributed by atoms with Crippen molar-refractivity contribution in [2.24, 2.45) is 0 Å². The number of benzene rings is 1. The first-order chi connectivity index (χ1) is 7.36. The first-order valence-corrected chi connectivity index (χ1v) is 5.93. The van der Waals surface area contributed by atoms with Crippen molar-refractivity contribution in [3.63, 3.8) is 0 Å². The number of ketones is 1. The minimum atomic E-state index is 0.448. The van der Waals surface area contributed by atoms with Crippen LogP contribution in [-0.4, -0.2) is 5.78 Å². The second-order valence-corrected chi connectivity index (χ2v) is 4.45. The van der Waals surface area contributed by atoms with Crippen molar-refractivity contribution in [3.8, 4) is 0 Å². The molecule has 2 rings (SSSR count). The van der Waals surface area contributed by atoms with E-state index in [2.05, 4.69) is 24.3 Å². The molecule has 0 bridgehead atoms. The van der Waals surface area contributed by atoms with Gasteiger partial charge in [0.15, 0.2) is 0 Å². The molecule has 1 saturated carbocycles. The van der Waals surface area contributed by atoms with Gasteiger partial charge in [0.1, 0.15) is 5.78 Å². The number of rotatable bonds is 1. The van der Waals surface area contributed by atoms with Gasteiger partial charge in [0, 0.05) is 12.8 Å². The smallest absolute Gasteiger partial charge is 0.133 e. The molecule has 0 aliphatic heterocycles. The summed E-state index contributed by atoms with van der Waals surface area (Å²) in [7, 11) is 0. The highest BCUT2D eigenvalue weighted by atomic mass is 16.1. The van der Waals surface area contributed by atoms with Crippen molar-refractivity contribution >= 4 is 5.78 Å². The largest absolute Gasteiger partial charge is 0.300 e. The summed E-state index contributed by atoms with van der Waals surface area (Å²) in [6.45, 7) is 0. The third-order valence-corrected chi connectivity index (χ3v) is 3.25. The Morgan fingerprint density at radius 1 is 1.00 bits per heavy atom. The van der Waals surface area contributed by atoms with Crippen LogP contribution in [0.15, 0.2) is 30.3 Å². The van der Waals surface area contributed by atoms with E-state index in [9.17, 15) is 4.79 Å². The average molecular weight is 202 g/mol. The summed E-state index contributed by atoms with van der Waals surface area (Å²) in [5.74, 6) is 0.919. The highest BCUT2D eigenvalue weighted by Gasteiger charge is 2.17. The Bertz CT molecular complexity index is 315. The molecule has 0 heterocycles. The molecule has 0 spiro atoms. The Morgan fingerprint density at radius 2 is 1.80 bits per heavy atom. The Hall–Kier alpha value is -1.11. The molecule has 15 heavy (non-hydrogen) atoms. The number of carbonyl (C=O) groups is 1. The standard InChI is InChI=1S/C14H18O/c15-14-10-6-2-5-9-13(11-14)12-7-3-1-4-8-12/h1,3-4,7-8,13H,2,5-6,9-11H2. The molecular weight excluding hydrogens is 184 g/mol. The Balaban J connectivity index is 2.09. The van der Waals surface area contributed by atoms with Crippen molar-refractivity contribution in [1.82, 2.24) is 0 Å². The van der Waals surface area contributed by atoms with Crippen LogP contribution in [0.4, 0.5) is 0 Å². The molecule has 80 valence electrons. The molecule has 1 heteroatoms. The van der Waals surface area contributed by atoms with Gasteiger partial charge in [0.2, 0.25) is 0 Å². The predicted molar refractivity (Wildman–Crippen MR) is 61.9 cm³/mol. The molecule has 1 aliphatic rings. The Labute approximate surface area is 91.5 Å². The lowest BCUT2D eigenvalue weighted by Crippen LogP contribution is -2.10. The average Bonchev–Trinajstić information content (AvgIpc) is 2.24. The minimum absolute atomic E-state index is 0.448. The van der Waals surface area contributed by atoms with Crippen molar-refractivity contribution in [1.29, 1.82) is 0 Å². The van der Waals surface area contributed by atoms with Gasteiger partial charge in [-0.1, -0.05) is 43.2 Å². The highest BCUT2D eigenvalue weighted by molar-refractivity contribution is 5.79. The molecular formula is C14H18O. The van der Waals surface area contributed by atoms with Crippen LogP contribution >= 0.6 is 0 Å². The van der Waals surface area contributed by atoms with Crippen LogP contribution in [0.25, 0.3) is 0 Å². The lowest BCUT2D eigenvalue weighted by molar-refractivity contribution is -0.119. The van der Waals surface area contributed by atoms with Crippen LogP contribution in [0.3, 0.4) is 0 Å². The summed E-state index contributed by atoms with van der Waals surface area (Å²) >= 11 is 0. The molecule has 1 unspecified atom stereocenters. The van der Waals surface area contributed by atoms with E-state index >= 15 is 0 Å². The number of hydrogen-bond donors (Lipinski definition) is 0. The first kappa shape index (κ1) is 10.4. The van der Waals surface area contributed by atoms with Crippen molar-refractivity contribution in [3.05, 3.63) is 35.9 Å². The minimum Gasteiger partial charge on any atom is -0.300 e. The molecule has 1 fully saturated rings. The maximum atomic E-state index is 11.6. The topological polar surface area (TPSA) is 17.1 Å². The quantitative estimate of drug-likeness (QED) is 0.678. The van der Waals surface area contributed by atoms with E-state index in [1.807, 2.05) is 6.07 Å². The summed E-state index contributed by atoms with van der Waals surface area (Å²) in [4.78, 5) is 11.6. The molecule has 0 N–H and O–H groups in total. The van der Waals surface area contributed by atoms with E-state index in [1.165, 1.54) is 24.8 Å². The predicted octanol–water partition coefficient (Wildman–Crippen LogP) is 3.69. The Kier molecular flexibility index (Phi) is 3.54. The normalized spacial score (nSPS) is 23.2. The third kappa shape index (κ3) is 2.92. The molecule has 1 aliphatic carbocycles.